The number of fused-ring (bicyclic) bond motifs is 1. The second kappa shape index (κ2) is 8.84. The van der Waals surface area contributed by atoms with Crippen molar-refractivity contribution in [1.82, 2.24) is 15.2 Å². The Morgan fingerprint density at radius 1 is 1.20 bits per heavy atom. The Balaban J connectivity index is 1.46. The first kappa shape index (κ1) is 19.7. The van der Waals surface area contributed by atoms with E-state index >= 15 is 0 Å². The number of aryl methyl sites for hydroxylation is 1. The second-order valence-electron chi connectivity index (χ2n) is 6.70. The zero-order valence-corrected chi connectivity index (χ0v) is 17.1. The van der Waals surface area contributed by atoms with Crippen LogP contribution < -0.4 is 4.90 Å². The van der Waals surface area contributed by atoms with Crippen LogP contribution in [0.5, 0.6) is 0 Å². The van der Waals surface area contributed by atoms with E-state index in [0.29, 0.717) is 17.7 Å². The molecule has 2 aromatic heterocycles. The molecular formula is C22H19N5O2S. The maximum absolute atomic E-state index is 12.8. The van der Waals surface area contributed by atoms with E-state index in [1.54, 1.807) is 4.90 Å². The number of hydrogen-bond acceptors (Lipinski definition) is 6. The van der Waals surface area contributed by atoms with Crippen molar-refractivity contribution in [1.29, 1.82) is 5.26 Å². The van der Waals surface area contributed by atoms with Crippen molar-refractivity contribution in [2.75, 3.05) is 17.2 Å². The summed E-state index contributed by atoms with van der Waals surface area (Å²) in [5.41, 5.74) is 3.69. The van der Waals surface area contributed by atoms with Crippen LogP contribution in [-0.4, -0.2) is 33.4 Å². The summed E-state index contributed by atoms with van der Waals surface area (Å²) in [5, 5.41) is 18.4. The maximum Gasteiger partial charge on any atom is 0.277 e. The highest BCUT2D eigenvalue weighted by Gasteiger charge is 2.18. The van der Waals surface area contributed by atoms with Crippen LogP contribution >= 0.6 is 11.8 Å². The van der Waals surface area contributed by atoms with Crippen LogP contribution in [0.3, 0.4) is 0 Å². The lowest BCUT2D eigenvalue weighted by Gasteiger charge is -2.21. The first-order valence-electron chi connectivity index (χ1n) is 9.42. The topological polar surface area (TPSA) is 98.8 Å². The third-order valence-electron chi connectivity index (χ3n) is 4.64. The predicted octanol–water partition coefficient (Wildman–Crippen LogP) is 4.57. The van der Waals surface area contributed by atoms with Crippen molar-refractivity contribution in [3.8, 4) is 17.5 Å². The number of H-pyrrole nitrogens is 1. The Hall–Kier alpha value is -3.57. The van der Waals surface area contributed by atoms with Crippen molar-refractivity contribution in [3.63, 3.8) is 0 Å². The second-order valence-corrected chi connectivity index (χ2v) is 7.63. The van der Waals surface area contributed by atoms with Crippen LogP contribution in [0.15, 0.2) is 64.4 Å². The molecule has 2 heterocycles. The van der Waals surface area contributed by atoms with Gasteiger partial charge in [0.25, 0.3) is 11.1 Å². The molecule has 4 aromatic rings. The lowest BCUT2D eigenvalue weighted by molar-refractivity contribution is -0.116. The number of rotatable bonds is 7. The minimum absolute atomic E-state index is 0.119. The number of carbonyl (C=O) groups excluding carboxylic acids is 1. The highest BCUT2D eigenvalue weighted by atomic mass is 32.2. The molecule has 150 valence electrons. The van der Waals surface area contributed by atoms with E-state index in [9.17, 15) is 4.79 Å². The van der Waals surface area contributed by atoms with Gasteiger partial charge in [0.15, 0.2) is 0 Å². The van der Waals surface area contributed by atoms with Crippen molar-refractivity contribution in [2.24, 2.45) is 0 Å². The van der Waals surface area contributed by atoms with E-state index in [0.717, 1.165) is 27.7 Å². The zero-order chi connectivity index (χ0) is 20.9. The fourth-order valence-corrected chi connectivity index (χ4v) is 3.75. The standard InChI is InChI=1S/C22H19N5O2S/c1-15-7-9-16(10-8-15)27(12-4-11-23)20(28)14-30-22-26-25-21(29-22)18-13-24-19-6-3-2-5-17(18)19/h2-3,5-10,13,24H,4,12,14H2,1H3. The summed E-state index contributed by atoms with van der Waals surface area (Å²) in [6.07, 6.45) is 2.09. The first-order chi connectivity index (χ1) is 14.7. The van der Waals surface area contributed by atoms with Gasteiger partial charge in [-0.2, -0.15) is 5.26 Å². The number of hydrogen-bond donors (Lipinski definition) is 1. The predicted molar refractivity (Wildman–Crippen MR) is 116 cm³/mol. The number of nitriles is 1. The van der Waals surface area contributed by atoms with Crippen molar-refractivity contribution >= 4 is 34.3 Å². The van der Waals surface area contributed by atoms with Gasteiger partial charge >= 0.3 is 0 Å². The molecule has 30 heavy (non-hydrogen) atoms. The minimum atomic E-state index is -0.119. The molecule has 0 aliphatic carbocycles. The van der Waals surface area contributed by atoms with E-state index in [1.165, 1.54) is 11.8 Å². The van der Waals surface area contributed by atoms with Gasteiger partial charge in [0.2, 0.25) is 5.91 Å². The van der Waals surface area contributed by atoms with Crippen molar-refractivity contribution in [2.45, 2.75) is 18.6 Å². The number of amides is 1. The molecule has 0 saturated heterocycles. The monoisotopic (exact) mass is 417 g/mol. The number of aromatic nitrogens is 3. The van der Waals surface area contributed by atoms with Gasteiger partial charge in [-0.15, -0.1) is 10.2 Å². The minimum Gasteiger partial charge on any atom is -0.411 e. The molecule has 0 bridgehead atoms. The summed E-state index contributed by atoms with van der Waals surface area (Å²) >= 11 is 1.19. The summed E-state index contributed by atoms with van der Waals surface area (Å²) in [5.74, 6) is 0.419. The number of carbonyl (C=O) groups is 1. The quantitative estimate of drug-likeness (QED) is 0.442. The van der Waals surface area contributed by atoms with Crippen LogP contribution in [-0.2, 0) is 4.79 Å². The van der Waals surface area contributed by atoms with E-state index in [4.69, 9.17) is 9.68 Å². The molecule has 0 saturated carbocycles. The molecule has 0 spiro atoms. The number of aromatic amines is 1. The highest BCUT2D eigenvalue weighted by Crippen LogP contribution is 2.29. The summed E-state index contributed by atoms with van der Waals surface area (Å²) in [4.78, 5) is 17.6. The molecule has 0 aliphatic rings. The Bertz CT molecular complexity index is 1210. The van der Waals surface area contributed by atoms with Crippen LogP contribution in [0, 0.1) is 18.3 Å². The van der Waals surface area contributed by atoms with Gasteiger partial charge in [-0.05, 0) is 25.1 Å². The van der Waals surface area contributed by atoms with Crippen LogP contribution in [0.2, 0.25) is 0 Å². The number of nitrogens with one attached hydrogen (secondary N) is 1. The van der Waals surface area contributed by atoms with Gasteiger partial charge < -0.3 is 14.3 Å². The average Bonchev–Trinajstić information content (AvgIpc) is 3.40. The summed E-state index contributed by atoms with van der Waals surface area (Å²) in [7, 11) is 0. The normalized spacial score (nSPS) is 10.8. The number of para-hydroxylation sites is 1. The van der Waals surface area contributed by atoms with E-state index in [-0.39, 0.29) is 18.1 Å². The summed E-state index contributed by atoms with van der Waals surface area (Å²) in [6, 6.07) is 17.6. The van der Waals surface area contributed by atoms with Crippen molar-refractivity contribution in [3.05, 3.63) is 60.3 Å². The SMILES string of the molecule is Cc1ccc(N(CCC#N)C(=O)CSc2nnc(-c3c[nH]c4ccccc34)o2)cc1. The molecule has 4 rings (SSSR count). The van der Waals surface area contributed by atoms with Gasteiger partial charge in [-0.25, -0.2) is 0 Å². The molecule has 2 aromatic carbocycles. The number of anilines is 1. The maximum atomic E-state index is 12.8. The summed E-state index contributed by atoms with van der Waals surface area (Å²) < 4.78 is 5.77. The van der Waals surface area contributed by atoms with E-state index in [2.05, 4.69) is 21.3 Å². The average molecular weight is 417 g/mol. The van der Waals surface area contributed by atoms with Crippen molar-refractivity contribution < 1.29 is 9.21 Å². The fraction of sp³-hybridized carbons (Fsp3) is 0.182. The van der Waals surface area contributed by atoms with Crippen LogP contribution in [0.25, 0.3) is 22.4 Å². The molecular weight excluding hydrogens is 398 g/mol. The molecule has 7 nitrogen and oxygen atoms in total. The number of thioether (sulfide) groups is 1. The molecule has 0 fully saturated rings. The fourth-order valence-electron chi connectivity index (χ4n) is 3.11. The third-order valence-corrected chi connectivity index (χ3v) is 5.44. The summed E-state index contributed by atoms with van der Waals surface area (Å²) in [6.45, 7) is 2.32. The third kappa shape index (κ3) is 4.21. The first-order valence-corrected chi connectivity index (χ1v) is 10.4. The lowest BCUT2D eigenvalue weighted by atomic mass is 10.2. The lowest BCUT2D eigenvalue weighted by Crippen LogP contribution is -2.33. The number of nitrogens with zero attached hydrogens (tertiary/aromatic N) is 4. The molecule has 0 unspecified atom stereocenters. The Morgan fingerprint density at radius 3 is 2.80 bits per heavy atom. The molecule has 8 heteroatoms. The van der Waals surface area contributed by atoms with Gasteiger partial charge in [-0.1, -0.05) is 47.7 Å². The molecule has 1 amide bonds. The molecule has 0 aliphatic heterocycles. The smallest absolute Gasteiger partial charge is 0.277 e. The Kier molecular flexibility index (Phi) is 5.82. The molecule has 1 N–H and O–H groups in total. The van der Waals surface area contributed by atoms with Gasteiger partial charge in [0.05, 0.1) is 23.8 Å². The van der Waals surface area contributed by atoms with Gasteiger partial charge in [-0.3, -0.25) is 4.79 Å². The molecule has 0 radical (unpaired) electrons. The Labute approximate surface area is 177 Å². The van der Waals surface area contributed by atoms with E-state index < -0.39 is 0 Å². The van der Waals surface area contributed by atoms with Crippen LogP contribution in [0.4, 0.5) is 5.69 Å². The zero-order valence-electron chi connectivity index (χ0n) is 16.3. The van der Waals surface area contributed by atoms with Crippen LogP contribution in [0.1, 0.15) is 12.0 Å². The largest absolute Gasteiger partial charge is 0.411 e. The highest BCUT2D eigenvalue weighted by molar-refractivity contribution is 7.99. The van der Waals surface area contributed by atoms with Gasteiger partial charge in [0.1, 0.15) is 0 Å². The Morgan fingerprint density at radius 2 is 2.00 bits per heavy atom. The van der Waals surface area contributed by atoms with Gasteiger partial charge in [0, 0.05) is 29.3 Å². The van der Waals surface area contributed by atoms with E-state index in [1.807, 2.05) is 61.7 Å². The molecule has 0 atom stereocenters. The number of benzene rings is 2.